The Kier molecular flexibility index (Phi) is 3.92. The summed E-state index contributed by atoms with van der Waals surface area (Å²) in [6.07, 6.45) is 5.43. The van der Waals surface area contributed by atoms with Crippen LogP contribution in [0, 0.1) is 5.92 Å². The summed E-state index contributed by atoms with van der Waals surface area (Å²) in [5.41, 5.74) is -0.516. The minimum atomic E-state index is -0.516. The maximum atomic E-state index is 10.5. The summed E-state index contributed by atoms with van der Waals surface area (Å²) < 4.78 is 0. The number of aliphatic imine (C=N–C) groups is 1. The maximum Gasteiger partial charge on any atom is 0.193 e. The van der Waals surface area contributed by atoms with Crippen molar-refractivity contribution in [1.29, 1.82) is 0 Å². The Bertz CT molecular complexity index is 282. The smallest absolute Gasteiger partial charge is 0.193 e. The van der Waals surface area contributed by atoms with Gasteiger partial charge in [-0.1, -0.05) is 13.3 Å². The highest BCUT2D eigenvalue weighted by Gasteiger charge is 2.33. The molecule has 4 heteroatoms. The maximum absolute atomic E-state index is 10.5. The predicted octanol–water partition coefficient (Wildman–Crippen LogP) is 1.21. The Morgan fingerprint density at radius 3 is 2.71 bits per heavy atom. The van der Waals surface area contributed by atoms with Gasteiger partial charge in [0, 0.05) is 20.1 Å². The molecule has 17 heavy (non-hydrogen) atoms. The van der Waals surface area contributed by atoms with Gasteiger partial charge in [0.2, 0.25) is 0 Å². The van der Waals surface area contributed by atoms with E-state index >= 15 is 0 Å². The highest BCUT2D eigenvalue weighted by atomic mass is 16.3. The van der Waals surface area contributed by atoms with Gasteiger partial charge in [-0.2, -0.15) is 0 Å². The molecule has 0 aromatic carbocycles. The summed E-state index contributed by atoms with van der Waals surface area (Å²) in [6.45, 7) is 4.75. The van der Waals surface area contributed by atoms with Crippen LogP contribution < -0.4 is 5.32 Å². The van der Waals surface area contributed by atoms with Crippen molar-refractivity contribution in [3.8, 4) is 0 Å². The van der Waals surface area contributed by atoms with E-state index in [2.05, 4.69) is 22.1 Å². The van der Waals surface area contributed by atoms with Gasteiger partial charge in [0.1, 0.15) is 0 Å². The number of rotatable bonds is 3. The van der Waals surface area contributed by atoms with E-state index in [1.165, 1.54) is 6.42 Å². The summed E-state index contributed by atoms with van der Waals surface area (Å²) in [5, 5.41) is 13.8. The average molecular weight is 239 g/mol. The SMILES string of the molecule is CCC1CCC(O)(CNC2=NCCN2C)CC1. The number of aliphatic hydroxyl groups is 1. The average Bonchev–Trinajstić information content (AvgIpc) is 2.74. The summed E-state index contributed by atoms with van der Waals surface area (Å²) in [7, 11) is 2.04. The molecule has 1 fully saturated rings. The number of nitrogens with one attached hydrogen (secondary N) is 1. The lowest BCUT2D eigenvalue weighted by molar-refractivity contribution is -0.00546. The molecule has 0 spiro atoms. The predicted molar refractivity (Wildman–Crippen MR) is 70.1 cm³/mol. The second-order valence-electron chi connectivity index (χ2n) is 5.56. The molecule has 2 rings (SSSR count). The van der Waals surface area contributed by atoms with Gasteiger partial charge in [-0.3, -0.25) is 4.99 Å². The van der Waals surface area contributed by atoms with Gasteiger partial charge in [0.05, 0.1) is 12.1 Å². The van der Waals surface area contributed by atoms with Gasteiger partial charge in [-0.25, -0.2) is 0 Å². The zero-order valence-corrected chi connectivity index (χ0v) is 11.1. The van der Waals surface area contributed by atoms with Gasteiger partial charge >= 0.3 is 0 Å². The van der Waals surface area contributed by atoms with Crippen molar-refractivity contribution >= 4 is 5.96 Å². The molecule has 0 saturated heterocycles. The molecule has 0 atom stereocenters. The lowest BCUT2D eigenvalue weighted by Crippen LogP contribution is -2.48. The van der Waals surface area contributed by atoms with Crippen LogP contribution in [0.25, 0.3) is 0 Å². The van der Waals surface area contributed by atoms with Crippen molar-refractivity contribution in [3.05, 3.63) is 0 Å². The van der Waals surface area contributed by atoms with E-state index in [1.807, 2.05) is 7.05 Å². The highest BCUT2D eigenvalue weighted by molar-refractivity contribution is 5.81. The Morgan fingerprint density at radius 2 is 2.18 bits per heavy atom. The van der Waals surface area contributed by atoms with E-state index in [9.17, 15) is 5.11 Å². The van der Waals surface area contributed by atoms with E-state index < -0.39 is 5.60 Å². The molecule has 0 amide bonds. The Labute approximate surface area is 104 Å². The van der Waals surface area contributed by atoms with E-state index in [0.717, 1.165) is 50.7 Å². The first-order valence-corrected chi connectivity index (χ1v) is 6.85. The normalized spacial score (nSPS) is 33.7. The van der Waals surface area contributed by atoms with Crippen LogP contribution in [0.2, 0.25) is 0 Å². The molecule has 0 unspecified atom stereocenters. The van der Waals surface area contributed by atoms with Crippen molar-refractivity contribution in [2.75, 3.05) is 26.7 Å². The highest BCUT2D eigenvalue weighted by Crippen LogP contribution is 2.33. The zero-order valence-electron chi connectivity index (χ0n) is 11.1. The second-order valence-corrected chi connectivity index (χ2v) is 5.56. The molecule has 0 radical (unpaired) electrons. The monoisotopic (exact) mass is 239 g/mol. The van der Waals surface area contributed by atoms with Crippen LogP contribution in [0.4, 0.5) is 0 Å². The number of likely N-dealkylation sites (N-methyl/N-ethyl adjacent to an activating group) is 1. The quantitative estimate of drug-likeness (QED) is 0.778. The largest absolute Gasteiger partial charge is 0.388 e. The fourth-order valence-electron chi connectivity index (χ4n) is 2.77. The first kappa shape index (κ1) is 12.7. The van der Waals surface area contributed by atoms with Crippen molar-refractivity contribution in [2.24, 2.45) is 10.9 Å². The first-order chi connectivity index (χ1) is 8.13. The molecule has 0 aromatic rings. The van der Waals surface area contributed by atoms with Crippen molar-refractivity contribution in [2.45, 2.75) is 44.6 Å². The number of nitrogens with zero attached hydrogens (tertiary/aromatic N) is 2. The molecule has 1 heterocycles. The molecular weight excluding hydrogens is 214 g/mol. The number of hydrogen-bond donors (Lipinski definition) is 2. The molecule has 4 nitrogen and oxygen atoms in total. The van der Waals surface area contributed by atoms with Crippen molar-refractivity contribution in [3.63, 3.8) is 0 Å². The van der Waals surface area contributed by atoms with Gasteiger partial charge < -0.3 is 15.3 Å². The molecule has 2 aliphatic rings. The summed E-state index contributed by atoms with van der Waals surface area (Å²) in [6, 6.07) is 0. The van der Waals surface area contributed by atoms with Crippen LogP contribution >= 0.6 is 0 Å². The molecule has 1 aliphatic heterocycles. The third kappa shape index (κ3) is 3.12. The minimum absolute atomic E-state index is 0.516. The van der Waals surface area contributed by atoms with Crippen LogP contribution in [-0.4, -0.2) is 48.2 Å². The topological polar surface area (TPSA) is 47.9 Å². The van der Waals surface area contributed by atoms with Crippen molar-refractivity contribution < 1.29 is 5.11 Å². The lowest BCUT2D eigenvalue weighted by atomic mass is 9.78. The first-order valence-electron chi connectivity index (χ1n) is 6.85. The molecule has 1 saturated carbocycles. The standard InChI is InChI=1S/C13H25N3O/c1-3-11-4-6-13(17,7-5-11)10-15-12-14-8-9-16(12)2/h11,17H,3-10H2,1-2H3,(H,14,15). The Balaban J connectivity index is 1.78. The minimum Gasteiger partial charge on any atom is -0.388 e. The third-order valence-electron chi connectivity index (χ3n) is 4.25. The number of hydrogen-bond acceptors (Lipinski definition) is 4. The molecule has 2 N–H and O–H groups in total. The van der Waals surface area contributed by atoms with Gasteiger partial charge in [0.15, 0.2) is 5.96 Å². The van der Waals surface area contributed by atoms with Crippen LogP contribution in [0.1, 0.15) is 39.0 Å². The molecular formula is C13H25N3O. The van der Waals surface area contributed by atoms with Crippen LogP contribution in [0.3, 0.4) is 0 Å². The van der Waals surface area contributed by atoms with Crippen LogP contribution in [0.15, 0.2) is 4.99 Å². The summed E-state index contributed by atoms with van der Waals surface area (Å²) in [4.78, 5) is 6.50. The van der Waals surface area contributed by atoms with Crippen molar-refractivity contribution in [1.82, 2.24) is 10.2 Å². The molecule has 98 valence electrons. The van der Waals surface area contributed by atoms with Crippen LogP contribution in [0.5, 0.6) is 0 Å². The molecule has 0 aromatic heterocycles. The summed E-state index contributed by atoms with van der Waals surface area (Å²) >= 11 is 0. The number of guanidine groups is 1. The van der Waals surface area contributed by atoms with E-state index in [-0.39, 0.29) is 0 Å². The summed E-state index contributed by atoms with van der Waals surface area (Å²) in [5.74, 6) is 1.76. The lowest BCUT2D eigenvalue weighted by Gasteiger charge is -2.36. The zero-order chi connectivity index (χ0) is 12.3. The second kappa shape index (κ2) is 5.25. The fourth-order valence-corrected chi connectivity index (χ4v) is 2.77. The molecule has 0 bridgehead atoms. The van der Waals surface area contributed by atoms with E-state index in [1.54, 1.807) is 0 Å². The van der Waals surface area contributed by atoms with Gasteiger partial charge in [0.25, 0.3) is 0 Å². The Hall–Kier alpha value is -0.770. The third-order valence-corrected chi connectivity index (χ3v) is 4.25. The fraction of sp³-hybridized carbons (Fsp3) is 0.923. The Morgan fingerprint density at radius 1 is 1.47 bits per heavy atom. The van der Waals surface area contributed by atoms with E-state index in [0.29, 0.717) is 6.54 Å². The van der Waals surface area contributed by atoms with Crippen LogP contribution in [-0.2, 0) is 0 Å². The van der Waals surface area contributed by atoms with Gasteiger partial charge in [-0.05, 0) is 31.6 Å². The molecule has 1 aliphatic carbocycles. The van der Waals surface area contributed by atoms with E-state index in [4.69, 9.17) is 0 Å². The van der Waals surface area contributed by atoms with Gasteiger partial charge in [-0.15, -0.1) is 0 Å².